The van der Waals surface area contributed by atoms with Crippen LogP contribution in [0.2, 0.25) is 0 Å². The van der Waals surface area contributed by atoms with Crippen LogP contribution in [0.25, 0.3) is 0 Å². The van der Waals surface area contributed by atoms with Crippen molar-refractivity contribution in [3.8, 4) is 0 Å². The summed E-state index contributed by atoms with van der Waals surface area (Å²) in [5.41, 5.74) is 0.570. The van der Waals surface area contributed by atoms with E-state index in [-0.39, 0.29) is 0 Å². The number of aryl methyl sites for hydroxylation is 1. The number of rotatable bonds is 1. The molecule has 0 aliphatic carbocycles. The number of aromatic nitrogens is 3. The van der Waals surface area contributed by atoms with Crippen molar-refractivity contribution >= 4 is 0 Å². The van der Waals surface area contributed by atoms with Gasteiger partial charge in [0.1, 0.15) is 11.6 Å². The second kappa shape index (κ2) is 4.65. The second-order valence-corrected chi connectivity index (χ2v) is 6.28. The first-order chi connectivity index (χ1) is 8.70. The largest absolute Gasteiger partial charge is 0.317 e. The zero-order valence-electron chi connectivity index (χ0n) is 11.6. The van der Waals surface area contributed by atoms with E-state index in [9.17, 15) is 0 Å². The summed E-state index contributed by atoms with van der Waals surface area (Å²) >= 11 is 0. The molecule has 4 nitrogen and oxygen atoms in total. The zero-order valence-corrected chi connectivity index (χ0v) is 11.6. The Labute approximate surface area is 109 Å². The first-order valence-corrected chi connectivity index (χ1v) is 7.33. The van der Waals surface area contributed by atoms with E-state index in [1.807, 2.05) is 0 Å². The third-order valence-corrected chi connectivity index (χ3v) is 4.78. The summed E-state index contributed by atoms with van der Waals surface area (Å²) in [5, 5.41) is 12.3. The lowest BCUT2D eigenvalue weighted by atomic mass is 9.73. The van der Waals surface area contributed by atoms with Crippen LogP contribution in [0.3, 0.4) is 0 Å². The number of nitrogens with zero attached hydrogens (tertiary/aromatic N) is 3. The van der Waals surface area contributed by atoms with E-state index in [2.05, 4.69) is 33.9 Å². The van der Waals surface area contributed by atoms with Crippen LogP contribution < -0.4 is 5.32 Å². The van der Waals surface area contributed by atoms with Gasteiger partial charge in [0.2, 0.25) is 0 Å². The molecule has 18 heavy (non-hydrogen) atoms. The summed E-state index contributed by atoms with van der Waals surface area (Å²) in [6.07, 6.45) is 6.38. The predicted molar refractivity (Wildman–Crippen MR) is 71.6 cm³/mol. The van der Waals surface area contributed by atoms with Gasteiger partial charge in [-0.1, -0.05) is 13.8 Å². The molecular weight excluding hydrogens is 224 g/mol. The normalized spacial score (nSPS) is 23.1. The molecule has 1 spiro atoms. The van der Waals surface area contributed by atoms with Crippen molar-refractivity contribution in [1.29, 1.82) is 0 Å². The van der Waals surface area contributed by atoms with Crippen LogP contribution in [-0.4, -0.2) is 27.9 Å². The number of hydrogen-bond donors (Lipinski definition) is 1. The molecule has 100 valence electrons. The van der Waals surface area contributed by atoms with Crippen LogP contribution in [0.1, 0.15) is 57.1 Å². The minimum Gasteiger partial charge on any atom is -0.317 e. The summed E-state index contributed by atoms with van der Waals surface area (Å²) in [7, 11) is 0. The predicted octanol–water partition coefficient (Wildman–Crippen LogP) is 2.11. The summed E-state index contributed by atoms with van der Waals surface area (Å²) in [4.78, 5) is 0. The first-order valence-electron chi connectivity index (χ1n) is 7.33. The average molecular weight is 248 g/mol. The highest BCUT2D eigenvalue weighted by molar-refractivity contribution is 5.04. The summed E-state index contributed by atoms with van der Waals surface area (Å²) in [6.45, 7) is 7.93. The van der Waals surface area contributed by atoms with Crippen LogP contribution in [0.5, 0.6) is 0 Å². The van der Waals surface area contributed by atoms with E-state index in [0.29, 0.717) is 11.3 Å². The Balaban J connectivity index is 1.82. The number of nitrogens with one attached hydrogen (secondary N) is 1. The van der Waals surface area contributed by atoms with Gasteiger partial charge in [0.15, 0.2) is 0 Å². The number of hydrogen-bond acceptors (Lipinski definition) is 3. The van der Waals surface area contributed by atoms with Gasteiger partial charge in [-0.3, -0.25) is 0 Å². The van der Waals surface area contributed by atoms with Crippen molar-refractivity contribution in [2.75, 3.05) is 13.1 Å². The van der Waals surface area contributed by atoms with Crippen LogP contribution in [-0.2, 0) is 13.0 Å². The molecule has 1 aromatic rings. The van der Waals surface area contributed by atoms with Crippen LogP contribution >= 0.6 is 0 Å². The molecule has 3 rings (SSSR count). The molecule has 2 aliphatic rings. The molecule has 0 radical (unpaired) electrons. The standard InChI is InChI=1S/C14H24N4/c1-11(2)13-17-16-12-3-4-14(7-10-18(12)13)5-8-15-9-6-14/h11,15H,3-10H2,1-2H3. The van der Waals surface area contributed by atoms with Crippen LogP contribution in [0, 0.1) is 5.41 Å². The topological polar surface area (TPSA) is 42.7 Å². The fourth-order valence-electron chi connectivity index (χ4n) is 3.51. The molecule has 1 fully saturated rings. The van der Waals surface area contributed by atoms with Crippen molar-refractivity contribution in [2.45, 2.75) is 58.4 Å². The summed E-state index contributed by atoms with van der Waals surface area (Å²) in [6, 6.07) is 0. The van der Waals surface area contributed by atoms with E-state index >= 15 is 0 Å². The van der Waals surface area contributed by atoms with Crippen LogP contribution in [0.4, 0.5) is 0 Å². The Morgan fingerprint density at radius 2 is 1.89 bits per heavy atom. The van der Waals surface area contributed by atoms with Crippen molar-refractivity contribution < 1.29 is 0 Å². The fraction of sp³-hybridized carbons (Fsp3) is 0.857. The first kappa shape index (κ1) is 12.2. The molecule has 1 N–H and O–H groups in total. The lowest BCUT2D eigenvalue weighted by molar-refractivity contribution is 0.168. The molecule has 3 heterocycles. The molecule has 4 heteroatoms. The van der Waals surface area contributed by atoms with E-state index in [1.165, 1.54) is 50.4 Å². The molecule has 2 aliphatic heterocycles. The molecular formula is C14H24N4. The van der Waals surface area contributed by atoms with E-state index in [4.69, 9.17) is 0 Å². The lowest BCUT2D eigenvalue weighted by Gasteiger charge is -2.36. The maximum absolute atomic E-state index is 4.41. The molecule has 1 aromatic heterocycles. The summed E-state index contributed by atoms with van der Waals surface area (Å²) in [5.74, 6) is 2.87. The van der Waals surface area contributed by atoms with E-state index in [0.717, 1.165) is 13.0 Å². The molecule has 0 aromatic carbocycles. The third kappa shape index (κ3) is 2.07. The third-order valence-electron chi connectivity index (χ3n) is 4.78. The Hall–Kier alpha value is -0.900. The van der Waals surface area contributed by atoms with E-state index in [1.54, 1.807) is 0 Å². The zero-order chi connectivity index (χ0) is 12.6. The van der Waals surface area contributed by atoms with Gasteiger partial charge in [-0.2, -0.15) is 0 Å². The molecule has 0 atom stereocenters. The molecule has 1 saturated heterocycles. The van der Waals surface area contributed by atoms with Crippen molar-refractivity contribution in [3.63, 3.8) is 0 Å². The highest BCUT2D eigenvalue weighted by atomic mass is 15.3. The van der Waals surface area contributed by atoms with Gasteiger partial charge in [0, 0.05) is 18.9 Å². The van der Waals surface area contributed by atoms with Crippen molar-refractivity contribution in [3.05, 3.63) is 11.6 Å². The van der Waals surface area contributed by atoms with Crippen molar-refractivity contribution in [1.82, 2.24) is 20.1 Å². The highest BCUT2D eigenvalue weighted by Crippen LogP contribution is 2.40. The van der Waals surface area contributed by atoms with Gasteiger partial charge in [-0.25, -0.2) is 0 Å². The van der Waals surface area contributed by atoms with Gasteiger partial charge in [-0.05, 0) is 44.2 Å². The van der Waals surface area contributed by atoms with Crippen molar-refractivity contribution in [2.24, 2.45) is 5.41 Å². The molecule has 0 saturated carbocycles. The number of fused-ring (bicyclic) bond motifs is 1. The quantitative estimate of drug-likeness (QED) is 0.827. The Bertz CT molecular complexity index is 415. The lowest BCUT2D eigenvalue weighted by Crippen LogP contribution is -2.37. The minimum atomic E-state index is 0.480. The molecule has 0 bridgehead atoms. The van der Waals surface area contributed by atoms with Gasteiger partial charge >= 0.3 is 0 Å². The molecule has 0 unspecified atom stereocenters. The Kier molecular flexibility index (Phi) is 3.14. The maximum atomic E-state index is 4.41. The number of piperidine rings is 1. The Morgan fingerprint density at radius 1 is 1.11 bits per heavy atom. The Morgan fingerprint density at radius 3 is 2.61 bits per heavy atom. The van der Waals surface area contributed by atoms with E-state index < -0.39 is 0 Å². The second-order valence-electron chi connectivity index (χ2n) is 6.28. The highest BCUT2D eigenvalue weighted by Gasteiger charge is 2.34. The van der Waals surface area contributed by atoms with Gasteiger partial charge in [0.05, 0.1) is 0 Å². The van der Waals surface area contributed by atoms with Crippen LogP contribution in [0.15, 0.2) is 0 Å². The summed E-state index contributed by atoms with van der Waals surface area (Å²) < 4.78 is 2.39. The maximum Gasteiger partial charge on any atom is 0.135 e. The van der Waals surface area contributed by atoms with Gasteiger partial charge in [-0.15, -0.1) is 10.2 Å². The van der Waals surface area contributed by atoms with Gasteiger partial charge < -0.3 is 9.88 Å². The average Bonchev–Trinajstić information content (AvgIpc) is 2.71. The SMILES string of the molecule is CC(C)c1nnc2n1CCC1(CCNCC1)CC2. The minimum absolute atomic E-state index is 0.480. The molecule has 0 amide bonds. The fourth-order valence-corrected chi connectivity index (χ4v) is 3.51. The smallest absolute Gasteiger partial charge is 0.135 e. The van der Waals surface area contributed by atoms with Gasteiger partial charge in [0.25, 0.3) is 0 Å². The monoisotopic (exact) mass is 248 g/mol.